The van der Waals surface area contributed by atoms with Crippen molar-refractivity contribution < 1.29 is 4.79 Å². The number of rotatable bonds is 5. The zero-order valence-electron chi connectivity index (χ0n) is 13.1. The van der Waals surface area contributed by atoms with Crippen LogP contribution in [-0.2, 0) is 11.2 Å². The van der Waals surface area contributed by atoms with E-state index in [1.807, 2.05) is 6.07 Å². The van der Waals surface area contributed by atoms with Crippen molar-refractivity contribution in [1.82, 2.24) is 10.6 Å². The summed E-state index contributed by atoms with van der Waals surface area (Å²) < 4.78 is 0. The Bertz CT molecular complexity index is 473. The van der Waals surface area contributed by atoms with E-state index in [9.17, 15) is 4.79 Å². The Morgan fingerprint density at radius 2 is 1.86 bits per heavy atom. The van der Waals surface area contributed by atoms with Crippen molar-refractivity contribution in [2.75, 3.05) is 13.1 Å². The molecule has 1 saturated carbocycles. The summed E-state index contributed by atoms with van der Waals surface area (Å²) in [5.41, 5.74) is 1.31. The molecule has 3 nitrogen and oxygen atoms in total. The van der Waals surface area contributed by atoms with Gasteiger partial charge in [0.25, 0.3) is 0 Å². The first-order chi connectivity index (χ1) is 10.8. The monoisotopic (exact) mass is 318 g/mol. The van der Waals surface area contributed by atoms with Crippen LogP contribution in [0, 0.1) is 0 Å². The fraction of sp³-hybridized carbons (Fsp3) is 0.611. The number of benzene rings is 1. The number of carbonyl (C=O) groups is 1. The number of fused-ring (bicyclic) bond motifs is 1. The highest BCUT2D eigenvalue weighted by Crippen LogP contribution is 2.36. The highest BCUT2D eigenvalue weighted by molar-refractivity contribution is 8.01. The molecule has 1 fully saturated rings. The highest BCUT2D eigenvalue weighted by Gasteiger charge is 2.27. The van der Waals surface area contributed by atoms with Crippen molar-refractivity contribution in [2.24, 2.45) is 0 Å². The van der Waals surface area contributed by atoms with Crippen LogP contribution in [0.1, 0.15) is 44.1 Å². The second-order valence-corrected chi connectivity index (χ2v) is 7.60. The Kier molecular flexibility index (Phi) is 5.79. The zero-order chi connectivity index (χ0) is 15.2. The van der Waals surface area contributed by atoms with E-state index in [1.165, 1.54) is 49.0 Å². The standard InChI is InChI=1S/C18H26N2OS/c21-18(17-13-14-7-5-6-10-16(14)22-17)20-12-11-19-15-8-3-1-2-4-9-15/h5-7,10,15,17,19H,1-4,8-9,11-13H2,(H,20,21). The third kappa shape index (κ3) is 4.26. The van der Waals surface area contributed by atoms with Crippen LogP contribution < -0.4 is 10.6 Å². The molecule has 4 heteroatoms. The van der Waals surface area contributed by atoms with Crippen LogP contribution in [0.3, 0.4) is 0 Å². The molecular formula is C18H26N2OS. The molecule has 1 amide bonds. The fourth-order valence-corrected chi connectivity index (χ4v) is 4.61. The van der Waals surface area contributed by atoms with E-state index in [0.717, 1.165) is 19.5 Å². The molecule has 22 heavy (non-hydrogen) atoms. The summed E-state index contributed by atoms with van der Waals surface area (Å²) in [6.07, 6.45) is 8.91. The van der Waals surface area contributed by atoms with Crippen LogP contribution in [0.15, 0.2) is 29.2 Å². The van der Waals surface area contributed by atoms with Crippen molar-refractivity contribution in [3.8, 4) is 0 Å². The van der Waals surface area contributed by atoms with Gasteiger partial charge in [-0.05, 0) is 30.9 Å². The maximum atomic E-state index is 12.3. The summed E-state index contributed by atoms with van der Waals surface area (Å²) in [6, 6.07) is 8.99. The second kappa shape index (κ2) is 8.02. The van der Waals surface area contributed by atoms with Crippen LogP contribution in [0.2, 0.25) is 0 Å². The summed E-state index contributed by atoms with van der Waals surface area (Å²) in [4.78, 5) is 13.5. The topological polar surface area (TPSA) is 41.1 Å². The molecule has 1 aromatic rings. The van der Waals surface area contributed by atoms with Crippen LogP contribution in [0.4, 0.5) is 0 Å². The SMILES string of the molecule is O=C(NCCNC1CCCCCC1)C1Cc2ccccc2S1. The van der Waals surface area contributed by atoms with E-state index in [-0.39, 0.29) is 11.2 Å². The molecule has 1 aromatic carbocycles. The Morgan fingerprint density at radius 3 is 2.64 bits per heavy atom. The quantitative estimate of drug-likeness (QED) is 0.647. The summed E-state index contributed by atoms with van der Waals surface area (Å²) in [5.74, 6) is 0.184. The molecule has 1 aliphatic carbocycles. The molecule has 1 heterocycles. The summed E-state index contributed by atoms with van der Waals surface area (Å²) >= 11 is 1.70. The lowest BCUT2D eigenvalue weighted by Crippen LogP contribution is -2.39. The number of carbonyl (C=O) groups excluding carboxylic acids is 1. The number of hydrogen-bond donors (Lipinski definition) is 2. The minimum Gasteiger partial charge on any atom is -0.354 e. The number of thioether (sulfide) groups is 1. The Hall–Kier alpha value is -1.00. The zero-order valence-corrected chi connectivity index (χ0v) is 14.0. The van der Waals surface area contributed by atoms with Gasteiger partial charge >= 0.3 is 0 Å². The smallest absolute Gasteiger partial charge is 0.233 e. The molecule has 120 valence electrons. The number of hydrogen-bond acceptors (Lipinski definition) is 3. The summed E-state index contributed by atoms with van der Waals surface area (Å²) in [5, 5.41) is 6.75. The molecule has 0 radical (unpaired) electrons. The van der Waals surface area contributed by atoms with E-state index in [0.29, 0.717) is 6.04 Å². The van der Waals surface area contributed by atoms with Crippen molar-refractivity contribution in [3.63, 3.8) is 0 Å². The van der Waals surface area contributed by atoms with Crippen molar-refractivity contribution in [1.29, 1.82) is 0 Å². The van der Waals surface area contributed by atoms with Crippen molar-refractivity contribution in [3.05, 3.63) is 29.8 Å². The van der Waals surface area contributed by atoms with Gasteiger partial charge in [0.05, 0.1) is 5.25 Å². The first-order valence-corrected chi connectivity index (χ1v) is 9.46. The van der Waals surface area contributed by atoms with Gasteiger partial charge in [-0.3, -0.25) is 4.79 Å². The summed E-state index contributed by atoms with van der Waals surface area (Å²) in [6.45, 7) is 1.63. The molecule has 2 N–H and O–H groups in total. The highest BCUT2D eigenvalue weighted by atomic mass is 32.2. The molecule has 1 unspecified atom stereocenters. The third-order valence-corrected chi connectivity index (χ3v) is 5.97. The van der Waals surface area contributed by atoms with Gasteiger partial charge in [0.1, 0.15) is 0 Å². The molecular weight excluding hydrogens is 292 g/mol. The lowest BCUT2D eigenvalue weighted by Gasteiger charge is -2.17. The first-order valence-electron chi connectivity index (χ1n) is 8.58. The molecule has 1 atom stereocenters. The van der Waals surface area contributed by atoms with Crippen LogP contribution >= 0.6 is 11.8 Å². The van der Waals surface area contributed by atoms with E-state index >= 15 is 0 Å². The number of nitrogens with one attached hydrogen (secondary N) is 2. The van der Waals surface area contributed by atoms with Crippen LogP contribution in [0.5, 0.6) is 0 Å². The molecule has 2 aliphatic rings. The normalized spacial score (nSPS) is 22.1. The van der Waals surface area contributed by atoms with Gasteiger partial charge in [0, 0.05) is 24.0 Å². The maximum absolute atomic E-state index is 12.3. The average Bonchev–Trinajstić information content (AvgIpc) is 2.81. The molecule has 0 aromatic heterocycles. The average molecular weight is 318 g/mol. The molecule has 0 saturated heterocycles. The van der Waals surface area contributed by atoms with E-state index < -0.39 is 0 Å². The maximum Gasteiger partial charge on any atom is 0.233 e. The van der Waals surface area contributed by atoms with Gasteiger partial charge in [0.15, 0.2) is 0 Å². The predicted molar refractivity (Wildman–Crippen MR) is 92.3 cm³/mol. The van der Waals surface area contributed by atoms with E-state index in [2.05, 4.69) is 28.8 Å². The van der Waals surface area contributed by atoms with Gasteiger partial charge in [-0.1, -0.05) is 43.9 Å². The molecule has 3 rings (SSSR count). The fourth-order valence-electron chi connectivity index (χ4n) is 3.39. The molecule has 0 bridgehead atoms. The lowest BCUT2D eigenvalue weighted by atomic mass is 10.1. The molecule has 1 aliphatic heterocycles. The third-order valence-electron chi connectivity index (χ3n) is 4.65. The predicted octanol–water partition coefficient (Wildman–Crippen LogP) is 3.13. The first kappa shape index (κ1) is 15.9. The van der Waals surface area contributed by atoms with Gasteiger partial charge in [0.2, 0.25) is 5.91 Å². The minimum absolute atomic E-state index is 0.0512. The Labute approximate surface area is 137 Å². The second-order valence-electron chi connectivity index (χ2n) is 6.35. The van der Waals surface area contributed by atoms with E-state index in [1.54, 1.807) is 11.8 Å². The van der Waals surface area contributed by atoms with Crippen molar-refractivity contribution >= 4 is 17.7 Å². The number of amides is 1. The van der Waals surface area contributed by atoms with Crippen molar-refractivity contribution in [2.45, 2.75) is 61.1 Å². The van der Waals surface area contributed by atoms with Gasteiger partial charge in [-0.25, -0.2) is 0 Å². The van der Waals surface area contributed by atoms with Gasteiger partial charge < -0.3 is 10.6 Å². The largest absolute Gasteiger partial charge is 0.354 e. The molecule has 0 spiro atoms. The van der Waals surface area contributed by atoms with Crippen LogP contribution in [0.25, 0.3) is 0 Å². The van der Waals surface area contributed by atoms with Gasteiger partial charge in [-0.2, -0.15) is 0 Å². The summed E-state index contributed by atoms with van der Waals surface area (Å²) in [7, 11) is 0. The lowest BCUT2D eigenvalue weighted by molar-refractivity contribution is -0.120. The minimum atomic E-state index is 0.0512. The Balaban J connectivity index is 1.35. The van der Waals surface area contributed by atoms with Gasteiger partial charge in [-0.15, -0.1) is 11.8 Å². The van der Waals surface area contributed by atoms with E-state index in [4.69, 9.17) is 0 Å². The van der Waals surface area contributed by atoms with Crippen LogP contribution in [-0.4, -0.2) is 30.3 Å². The Morgan fingerprint density at radius 1 is 1.09 bits per heavy atom.